The summed E-state index contributed by atoms with van der Waals surface area (Å²) < 4.78 is 3.29. The van der Waals surface area contributed by atoms with E-state index in [4.69, 9.17) is 9.97 Å². The fourth-order valence-corrected chi connectivity index (χ4v) is 4.98. The van der Waals surface area contributed by atoms with Crippen molar-refractivity contribution in [2.45, 2.75) is 25.7 Å². The van der Waals surface area contributed by atoms with Crippen LogP contribution in [-0.4, -0.2) is 50.7 Å². The van der Waals surface area contributed by atoms with Crippen molar-refractivity contribution in [2.24, 2.45) is 0 Å². The first-order valence-corrected chi connectivity index (χ1v) is 11.2. The molecule has 29 heavy (non-hydrogen) atoms. The minimum absolute atomic E-state index is 0.415. The van der Waals surface area contributed by atoms with Crippen LogP contribution in [0.1, 0.15) is 28.6 Å². The number of benzene rings is 1. The molecule has 2 aliphatic rings. The van der Waals surface area contributed by atoms with E-state index in [2.05, 4.69) is 61.9 Å². The molecule has 1 fully saturated rings. The number of H-pyrrole nitrogens is 1. The number of rotatable bonds is 2. The summed E-state index contributed by atoms with van der Waals surface area (Å²) in [4.78, 5) is 15.8. The molecule has 0 aliphatic carbocycles. The molecule has 8 heteroatoms. The summed E-state index contributed by atoms with van der Waals surface area (Å²) in [7, 11) is 0. The van der Waals surface area contributed by atoms with Crippen molar-refractivity contribution in [1.29, 1.82) is 0 Å². The number of hydrogen-bond donors (Lipinski definition) is 2. The third-order valence-corrected chi connectivity index (χ3v) is 7.29. The predicted molar refractivity (Wildman–Crippen MR) is 122 cm³/mol. The summed E-state index contributed by atoms with van der Waals surface area (Å²) in [5.74, 6) is 2.73. The molecule has 4 aromatic rings. The van der Waals surface area contributed by atoms with Crippen LogP contribution >= 0.6 is 22.6 Å². The summed E-state index contributed by atoms with van der Waals surface area (Å²) in [6.07, 6.45) is 3.82. The second kappa shape index (κ2) is 6.66. The third kappa shape index (κ3) is 2.83. The fraction of sp³-hybridized carbons (Fsp3) is 0.381. The Balaban J connectivity index is 1.34. The SMILES string of the molecule is Cc1cc2nc(C3CN(c4c5c(nc6ccnn46)CCNCC5)C3)[nH]c2cc1I. The minimum Gasteiger partial charge on any atom is -0.355 e. The molecule has 1 saturated heterocycles. The highest BCUT2D eigenvalue weighted by Gasteiger charge is 2.34. The fourth-order valence-electron chi connectivity index (χ4n) is 4.51. The lowest BCUT2D eigenvalue weighted by molar-refractivity contribution is 0.494. The average Bonchev–Trinajstić information content (AvgIpc) is 3.21. The number of aromatic nitrogens is 5. The van der Waals surface area contributed by atoms with Gasteiger partial charge in [0.1, 0.15) is 11.6 Å². The van der Waals surface area contributed by atoms with Crippen LogP contribution in [0.25, 0.3) is 16.7 Å². The van der Waals surface area contributed by atoms with E-state index in [-0.39, 0.29) is 0 Å². The number of imidazole rings is 1. The second-order valence-corrected chi connectivity index (χ2v) is 9.22. The lowest BCUT2D eigenvalue weighted by Crippen LogP contribution is -2.47. The minimum atomic E-state index is 0.415. The van der Waals surface area contributed by atoms with E-state index in [1.54, 1.807) is 0 Å². The van der Waals surface area contributed by atoms with Crippen LogP contribution in [0.3, 0.4) is 0 Å². The van der Waals surface area contributed by atoms with Gasteiger partial charge in [-0.05, 0) is 60.2 Å². The van der Waals surface area contributed by atoms with E-state index < -0.39 is 0 Å². The molecule has 148 valence electrons. The van der Waals surface area contributed by atoms with Gasteiger partial charge in [0.15, 0.2) is 5.65 Å². The number of aryl methyl sites for hydroxylation is 1. The molecular formula is C21H22IN7. The van der Waals surface area contributed by atoms with Gasteiger partial charge >= 0.3 is 0 Å². The molecule has 0 radical (unpaired) electrons. The van der Waals surface area contributed by atoms with Crippen molar-refractivity contribution in [3.8, 4) is 0 Å². The largest absolute Gasteiger partial charge is 0.355 e. The van der Waals surface area contributed by atoms with Crippen LogP contribution in [0.15, 0.2) is 24.4 Å². The zero-order valence-corrected chi connectivity index (χ0v) is 18.4. The number of hydrogen-bond acceptors (Lipinski definition) is 5. The summed E-state index contributed by atoms with van der Waals surface area (Å²) in [6.45, 7) is 6.03. The van der Waals surface area contributed by atoms with Gasteiger partial charge in [-0.1, -0.05) is 0 Å². The highest BCUT2D eigenvalue weighted by molar-refractivity contribution is 14.1. The first kappa shape index (κ1) is 17.6. The zero-order chi connectivity index (χ0) is 19.5. The smallest absolute Gasteiger partial charge is 0.157 e. The molecular weight excluding hydrogens is 477 g/mol. The Hall–Kier alpha value is -2.20. The average molecular weight is 499 g/mol. The molecule has 0 atom stereocenters. The number of halogens is 1. The molecule has 1 aromatic carbocycles. The summed E-state index contributed by atoms with van der Waals surface area (Å²) in [5.41, 5.74) is 6.98. The van der Waals surface area contributed by atoms with Crippen molar-refractivity contribution in [3.63, 3.8) is 0 Å². The standard InChI is InChI=1S/C21H22IN7/c1-12-8-17-18(9-15(12)22)27-20(26-17)13-10-28(11-13)21-14-2-5-23-6-3-16(14)25-19-4-7-24-29(19)21/h4,7-9,13,23H,2-3,5-6,10-11H2,1H3,(H,26,27). The van der Waals surface area contributed by atoms with Crippen LogP contribution in [-0.2, 0) is 12.8 Å². The Morgan fingerprint density at radius 3 is 2.90 bits per heavy atom. The maximum absolute atomic E-state index is 4.89. The number of aromatic amines is 1. The van der Waals surface area contributed by atoms with Gasteiger partial charge in [0.05, 0.1) is 28.8 Å². The van der Waals surface area contributed by atoms with Crippen molar-refractivity contribution in [2.75, 3.05) is 31.1 Å². The summed E-state index contributed by atoms with van der Waals surface area (Å²) >= 11 is 2.39. The summed E-state index contributed by atoms with van der Waals surface area (Å²) in [5, 5.41) is 8.08. The van der Waals surface area contributed by atoms with Crippen LogP contribution in [0, 0.1) is 10.5 Å². The Morgan fingerprint density at radius 2 is 2.00 bits per heavy atom. The van der Waals surface area contributed by atoms with E-state index in [0.29, 0.717) is 5.92 Å². The lowest BCUT2D eigenvalue weighted by atomic mass is 9.97. The van der Waals surface area contributed by atoms with E-state index in [1.807, 2.05) is 16.8 Å². The van der Waals surface area contributed by atoms with Crippen LogP contribution in [0.5, 0.6) is 0 Å². The molecule has 2 aliphatic heterocycles. The third-order valence-electron chi connectivity index (χ3n) is 6.13. The maximum Gasteiger partial charge on any atom is 0.157 e. The number of nitrogens with one attached hydrogen (secondary N) is 2. The quantitative estimate of drug-likeness (QED) is 0.415. The van der Waals surface area contributed by atoms with E-state index in [0.717, 1.165) is 61.5 Å². The van der Waals surface area contributed by atoms with E-state index in [1.165, 1.54) is 26.2 Å². The van der Waals surface area contributed by atoms with Gasteiger partial charge < -0.3 is 15.2 Å². The van der Waals surface area contributed by atoms with Crippen LogP contribution < -0.4 is 10.2 Å². The zero-order valence-electron chi connectivity index (χ0n) is 16.2. The molecule has 0 bridgehead atoms. The molecule has 0 unspecified atom stereocenters. The summed E-state index contributed by atoms with van der Waals surface area (Å²) in [6, 6.07) is 6.38. The van der Waals surface area contributed by atoms with Gasteiger partial charge in [0.2, 0.25) is 0 Å². The Kier molecular flexibility index (Phi) is 4.05. The van der Waals surface area contributed by atoms with Gasteiger partial charge in [-0.2, -0.15) is 9.61 Å². The van der Waals surface area contributed by atoms with Gasteiger partial charge in [0.25, 0.3) is 0 Å². The Labute approximate surface area is 182 Å². The van der Waals surface area contributed by atoms with E-state index >= 15 is 0 Å². The highest BCUT2D eigenvalue weighted by atomic mass is 127. The first-order valence-electron chi connectivity index (χ1n) is 10.1. The van der Waals surface area contributed by atoms with Crippen LogP contribution in [0.4, 0.5) is 5.82 Å². The lowest BCUT2D eigenvalue weighted by Gasteiger charge is -2.41. The van der Waals surface area contributed by atoms with Crippen molar-refractivity contribution < 1.29 is 0 Å². The number of anilines is 1. The van der Waals surface area contributed by atoms with Gasteiger partial charge in [-0.15, -0.1) is 0 Å². The number of fused-ring (bicyclic) bond motifs is 3. The maximum atomic E-state index is 4.89. The molecule has 0 spiro atoms. The second-order valence-electron chi connectivity index (χ2n) is 8.05. The van der Waals surface area contributed by atoms with Gasteiger partial charge in [0, 0.05) is 41.3 Å². The topological polar surface area (TPSA) is 74.1 Å². The molecule has 5 heterocycles. The Bertz CT molecular complexity index is 1200. The normalized spacial score (nSPS) is 17.5. The molecule has 0 amide bonds. The van der Waals surface area contributed by atoms with Gasteiger partial charge in [-0.25, -0.2) is 9.97 Å². The molecule has 6 rings (SSSR count). The molecule has 0 saturated carbocycles. The molecule has 3 aromatic heterocycles. The van der Waals surface area contributed by atoms with Crippen molar-refractivity contribution in [1.82, 2.24) is 29.9 Å². The monoisotopic (exact) mass is 499 g/mol. The van der Waals surface area contributed by atoms with Crippen LogP contribution in [0.2, 0.25) is 0 Å². The molecule has 2 N–H and O–H groups in total. The van der Waals surface area contributed by atoms with E-state index in [9.17, 15) is 0 Å². The number of nitrogens with zero attached hydrogens (tertiary/aromatic N) is 5. The Morgan fingerprint density at radius 1 is 1.14 bits per heavy atom. The van der Waals surface area contributed by atoms with Gasteiger partial charge in [-0.3, -0.25) is 0 Å². The van der Waals surface area contributed by atoms with Crippen molar-refractivity contribution in [3.05, 3.63) is 50.6 Å². The predicted octanol–water partition coefficient (Wildman–Crippen LogP) is 2.81. The van der Waals surface area contributed by atoms with Crippen molar-refractivity contribution >= 4 is 45.1 Å². The first-order chi connectivity index (χ1) is 14.2. The molecule has 7 nitrogen and oxygen atoms in total. The highest BCUT2D eigenvalue weighted by Crippen LogP contribution is 2.35.